The number of halogens is 2. The highest BCUT2D eigenvalue weighted by atomic mass is 19.3. The number of alkyl halides is 2. The molecule has 0 aliphatic heterocycles. The Hall–Kier alpha value is -3.43. The van der Waals surface area contributed by atoms with Crippen LogP contribution in [0.2, 0.25) is 0 Å². The number of benzene rings is 2. The third kappa shape index (κ3) is 5.06. The van der Waals surface area contributed by atoms with Gasteiger partial charge in [-0.1, -0.05) is 6.07 Å². The first-order valence-electron chi connectivity index (χ1n) is 7.97. The summed E-state index contributed by atoms with van der Waals surface area (Å²) in [5.74, 6) is -1.32. The number of ether oxygens (including phenoxy) is 3. The highest BCUT2D eigenvalue weighted by Crippen LogP contribution is 2.36. The van der Waals surface area contributed by atoms with Gasteiger partial charge in [-0.3, -0.25) is 10.1 Å². The number of nitrogens with zero attached hydrogens (tertiary/aromatic N) is 2. The molecule has 0 spiro atoms. The van der Waals surface area contributed by atoms with Crippen LogP contribution in [-0.4, -0.2) is 38.7 Å². The van der Waals surface area contributed by atoms with Crippen molar-refractivity contribution in [2.24, 2.45) is 0 Å². The summed E-state index contributed by atoms with van der Waals surface area (Å²) in [4.78, 5) is 24.6. The average molecular weight is 396 g/mol. The molecule has 2 aromatic carbocycles. The van der Waals surface area contributed by atoms with Gasteiger partial charge in [-0.25, -0.2) is 4.79 Å². The Bertz CT molecular complexity index is 873. The lowest BCUT2D eigenvalue weighted by Gasteiger charge is -2.14. The number of carbonyl (C=O) groups is 1. The van der Waals surface area contributed by atoms with Crippen molar-refractivity contribution in [3.8, 4) is 11.5 Å². The monoisotopic (exact) mass is 396 g/mol. The zero-order valence-electron chi connectivity index (χ0n) is 15.3. The van der Waals surface area contributed by atoms with E-state index in [1.165, 1.54) is 7.11 Å². The Balaban J connectivity index is 2.26. The van der Waals surface area contributed by atoms with E-state index in [1.807, 2.05) is 14.1 Å². The van der Waals surface area contributed by atoms with Crippen LogP contribution < -0.4 is 14.4 Å². The van der Waals surface area contributed by atoms with Crippen molar-refractivity contribution in [2.75, 3.05) is 26.1 Å². The second kappa shape index (κ2) is 8.98. The molecule has 0 amide bonds. The van der Waals surface area contributed by atoms with Crippen molar-refractivity contribution in [3.63, 3.8) is 0 Å². The van der Waals surface area contributed by atoms with E-state index >= 15 is 0 Å². The molecule has 0 saturated carbocycles. The minimum atomic E-state index is -3.18. The summed E-state index contributed by atoms with van der Waals surface area (Å²) in [6, 6.07) is 8.56. The fourth-order valence-electron chi connectivity index (χ4n) is 2.36. The summed E-state index contributed by atoms with van der Waals surface area (Å²) < 4.78 is 39.3. The lowest BCUT2D eigenvalue weighted by atomic mass is 10.1. The summed E-state index contributed by atoms with van der Waals surface area (Å²) >= 11 is 0. The molecule has 0 unspecified atom stereocenters. The van der Waals surface area contributed by atoms with E-state index in [0.717, 1.165) is 17.8 Å². The summed E-state index contributed by atoms with van der Waals surface area (Å²) in [7, 11) is 4.81. The molecule has 0 radical (unpaired) electrons. The maximum Gasteiger partial charge on any atom is 0.387 e. The lowest BCUT2D eigenvalue weighted by Crippen LogP contribution is -2.11. The van der Waals surface area contributed by atoms with Crippen molar-refractivity contribution in [1.29, 1.82) is 0 Å². The fraction of sp³-hybridized carbons (Fsp3) is 0.278. The Morgan fingerprint density at radius 2 is 1.93 bits per heavy atom. The highest BCUT2D eigenvalue weighted by molar-refractivity contribution is 5.90. The lowest BCUT2D eigenvalue weighted by molar-refractivity contribution is -0.386. The third-order valence-electron chi connectivity index (χ3n) is 3.73. The summed E-state index contributed by atoms with van der Waals surface area (Å²) in [5.41, 5.74) is 0.473. The molecule has 0 fully saturated rings. The normalized spacial score (nSPS) is 10.5. The maximum absolute atomic E-state index is 12.5. The van der Waals surface area contributed by atoms with Gasteiger partial charge >= 0.3 is 12.6 Å². The zero-order valence-corrected chi connectivity index (χ0v) is 15.3. The number of hydrogen-bond donors (Lipinski definition) is 0. The van der Waals surface area contributed by atoms with Crippen molar-refractivity contribution in [1.82, 2.24) is 0 Å². The molecule has 150 valence electrons. The number of nitro benzene ring substituents is 1. The number of methoxy groups -OCH3 is 1. The molecule has 0 N–H and O–H groups in total. The van der Waals surface area contributed by atoms with Gasteiger partial charge in [0.1, 0.15) is 6.61 Å². The van der Waals surface area contributed by atoms with E-state index in [2.05, 4.69) is 4.74 Å². The zero-order chi connectivity index (χ0) is 20.8. The predicted octanol–water partition coefficient (Wildman–Crippen LogP) is 3.63. The number of anilines is 1. The van der Waals surface area contributed by atoms with Crippen LogP contribution in [0.4, 0.5) is 20.2 Å². The molecule has 8 nitrogen and oxygen atoms in total. The Morgan fingerprint density at radius 1 is 1.21 bits per heavy atom. The Kier molecular flexibility index (Phi) is 6.69. The average Bonchev–Trinajstić information content (AvgIpc) is 2.65. The summed E-state index contributed by atoms with van der Waals surface area (Å²) in [5, 5.41) is 11.3. The maximum atomic E-state index is 12.5. The quantitative estimate of drug-likeness (QED) is 0.382. The first-order valence-corrected chi connectivity index (χ1v) is 7.97. The first-order chi connectivity index (χ1) is 13.2. The van der Waals surface area contributed by atoms with E-state index in [0.29, 0.717) is 0 Å². The second-order valence-corrected chi connectivity index (χ2v) is 5.79. The van der Waals surface area contributed by atoms with Gasteiger partial charge in [-0.2, -0.15) is 8.78 Å². The molecule has 0 heterocycles. The van der Waals surface area contributed by atoms with Gasteiger partial charge in [0.05, 0.1) is 29.2 Å². The van der Waals surface area contributed by atoms with Crippen LogP contribution in [0.25, 0.3) is 0 Å². The van der Waals surface area contributed by atoms with Gasteiger partial charge in [0.2, 0.25) is 0 Å². The molecule has 0 saturated heterocycles. The molecule has 0 aliphatic carbocycles. The standard InChI is InChI=1S/C18H18F2N2O6/c1-21(2)13-6-4-5-11(7-13)17(23)27-10-12-8-15(26-3)16(28-18(19)20)9-14(12)22(24)25/h4-9,18H,10H2,1-3H3. The van der Waals surface area contributed by atoms with Crippen LogP contribution in [0, 0.1) is 10.1 Å². The molecule has 10 heteroatoms. The van der Waals surface area contributed by atoms with E-state index in [-0.39, 0.29) is 16.9 Å². The molecule has 0 aromatic heterocycles. The van der Waals surface area contributed by atoms with E-state index in [9.17, 15) is 23.7 Å². The first kappa shape index (κ1) is 20.9. The molecule has 0 aliphatic rings. The summed E-state index contributed by atoms with van der Waals surface area (Å²) in [6.07, 6.45) is 0. The van der Waals surface area contributed by atoms with Crippen LogP contribution in [0.1, 0.15) is 15.9 Å². The van der Waals surface area contributed by atoms with E-state index in [4.69, 9.17) is 9.47 Å². The smallest absolute Gasteiger partial charge is 0.387 e. The molecular weight excluding hydrogens is 378 g/mol. The van der Waals surface area contributed by atoms with E-state index < -0.39 is 35.5 Å². The van der Waals surface area contributed by atoms with E-state index in [1.54, 1.807) is 29.2 Å². The molecule has 2 aromatic rings. The Morgan fingerprint density at radius 3 is 2.50 bits per heavy atom. The molecule has 28 heavy (non-hydrogen) atoms. The minimum absolute atomic E-state index is 0.0272. The SMILES string of the molecule is COc1cc(COC(=O)c2cccc(N(C)C)c2)c([N+](=O)[O-])cc1OC(F)F. The number of carbonyl (C=O) groups excluding carboxylic acids is 1. The molecule has 2 rings (SSSR count). The van der Waals surface area contributed by atoms with Gasteiger partial charge in [-0.05, 0) is 24.3 Å². The van der Waals surface area contributed by atoms with Crippen LogP contribution in [0.3, 0.4) is 0 Å². The Labute approximate surface area is 159 Å². The number of rotatable bonds is 8. The summed E-state index contributed by atoms with van der Waals surface area (Å²) in [6.45, 7) is -3.63. The van der Waals surface area contributed by atoms with Crippen LogP contribution in [-0.2, 0) is 11.3 Å². The number of nitro groups is 1. The minimum Gasteiger partial charge on any atom is -0.493 e. The van der Waals surface area contributed by atoms with Gasteiger partial charge in [0, 0.05) is 19.8 Å². The van der Waals surface area contributed by atoms with Crippen molar-refractivity contribution >= 4 is 17.3 Å². The van der Waals surface area contributed by atoms with Gasteiger partial charge in [0.15, 0.2) is 11.5 Å². The van der Waals surface area contributed by atoms with Crippen LogP contribution in [0.5, 0.6) is 11.5 Å². The van der Waals surface area contributed by atoms with Crippen LogP contribution in [0.15, 0.2) is 36.4 Å². The largest absolute Gasteiger partial charge is 0.493 e. The van der Waals surface area contributed by atoms with Crippen molar-refractivity contribution in [2.45, 2.75) is 13.2 Å². The number of esters is 1. The molecule has 0 bridgehead atoms. The van der Waals surface area contributed by atoms with Gasteiger partial charge < -0.3 is 19.1 Å². The van der Waals surface area contributed by atoms with Gasteiger partial charge in [0.25, 0.3) is 5.69 Å². The van der Waals surface area contributed by atoms with Gasteiger partial charge in [-0.15, -0.1) is 0 Å². The van der Waals surface area contributed by atoms with Crippen molar-refractivity contribution < 1.29 is 32.7 Å². The number of hydrogen-bond acceptors (Lipinski definition) is 7. The van der Waals surface area contributed by atoms with Crippen molar-refractivity contribution in [3.05, 3.63) is 57.6 Å². The molecule has 0 atom stereocenters. The second-order valence-electron chi connectivity index (χ2n) is 5.79. The predicted molar refractivity (Wildman–Crippen MR) is 96.2 cm³/mol. The third-order valence-corrected chi connectivity index (χ3v) is 3.73. The fourth-order valence-corrected chi connectivity index (χ4v) is 2.36. The highest BCUT2D eigenvalue weighted by Gasteiger charge is 2.23. The molecular formula is C18H18F2N2O6. The van der Waals surface area contributed by atoms with Crippen LogP contribution >= 0.6 is 0 Å². The topological polar surface area (TPSA) is 91.1 Å².